The van der Waals surface area contributed by atoms with E-state index in [0.29, 0.717) is 5.56 Å². The number of benzene rings is 1. The third-order valence-corrected chi connectivity index (χ3v) is 5.12. The van der Waals surface area contributed by atoms with Crippen molar-refractivity contribution in [3.05, 3.63) is 29.8 Å². The van der Waals surface area contributed by atoms with Crippen molar-refractivity contribution in [3.8, 4) is 0 Å². The zero-order chi connectivity index (χ0) is 19.9. The number of carbonyl (C=O) groups excluding carboxylic acids is 1. The number of ether oxygens (including phenoxy) is 1. The summed E-state index contributed by atoms with van der Waals surface area (Å²) in [5, 5.41) is 20.7. The topological polar surface area (TPSA) is 130 Å². The molecule has 0 aliphatic rings. The van der Waals surface area contributed by atoms with Crippen LogP contribution < -0.4 is 5.32 Å². The maximum atomic E-state index is 11.7. The van der Waals surface area contributed by atoms with E-state index in [0.717, 1.165) is 6.26 Å². The van der Waals surface area contributed by atoms with Crippen molar-refractivity contribution >= 4 is 45.1 Å². The lowest BCUT2D eigenvalue weighted by atomic mass is 9.89. The normalized spacial score (nSPS) is 13.9. The second-order valence-electron chi connectivity index (χ2n) is 5.45. The fourth-order valence-electron chi connectivity index (χ4n) is 2.35. The molecule has 0 aromatic heterocycles. The van der Waals surface area contributed by atoms with Crippen LogP contribution in [0.1, 0.15) is 17.9 Å². The first kappa shape index (κ1) is 22.5. The Morgan fingerprint density at radius 3 is 2.23 bits per heavy atom. The van der Waals surface area contributed by atoms with Gasteiger partial charge in [-0.3, -0.25) is 4.79 Å². The van der Waals surface area contributed by atoms with Crippen LogP contribution in [0.3, 0.4) is 0 Å². The molecule has 0 saturated heterocycles. The predicted octanol–water partition coefficient (Wildman–Crippen LogP) is 1.54. The molecule has 146 valence electrons. The second kappa shape index (κ2) is 9.96. The summed E-state index contributed by atoms with van der Waals surface area (Å²) in [5.74, 6) is -1.28. The lowest BCUT2D eigenvalue weighted by Crippen LogP contribution is -2.44. The zero-order valence-electron chi connectivity index (χ0n) is 13.8. The molecule has 0 radical (unpaired) electrons. The molecule has 0 fully saturated rings. The van der Waals surface area contributed by atoms with Gasteiger partial charge in [0.2, 0.25) is 0 Å². The van der Waals surface area contributed by atoms with Gasteiger partial charge in [0.1, 0.15) is 0 Å². The number of alkyl halides is 2. The number of halogens is 2. The molecule has 8 nitrogen and oxygen atoms in total. The molecule has 26 heavy (non-hydrogen) atoms. The Labute approximate surface area is 161 Å². The van der Waals surface area contributed by atoms with Crippen molar-refractivity contribution in [2.24, 2.45) is 0 Å². The number of nitrogens with one attached hydrogen (secondary N) is 1. The van der Waals surface area contributed by atoms with E-state index >= 15 is 0 Å². The van der Waals surface area contributed by atoms with E-state index in [1.165, 1.54) is 24.3 Å². The van der Waals surface area contributed by atoms with Gasteiger partial charge in [-0.25, -0.2) is 13.2 Å². The summed E-state index contributed by atoms with van der Waals surface area (Å²) < 4.78 is 27.6. The fourth-order valence-corrected chi connectivity index (χ4v) is 3.11. The van der Waals surface area contributed by atoms with E-state index in [1.54, 1.807) is 0 Å². The highest BCUT2D eigenvalue weighted by atomic mass is 35.5. The van der Waals surface area contributed by atoms with Crippen LogP contribution in [0.2, 0.25) is 0 Å². The molecule has 11 heteroatoms. The van der Waals surface area contributed by atoms with Gasteiger partial charge in [-0.05, 0) is 24.1 Å². The molecule has 0 bridgehead atoms. The molecule has 3 N–H and O–H groups in total. The van der Waals surface area contributed by atoms with Crippen LogP contribution in [0.25, 0.3) is 0 Å². The SMILES string of the molecule is CS(=O)(=O)c1ccc([C@@H](CCOC(=O)O)[C@H](CO)NC(=O)C(Cl)Cl)cc1. The predicted molar refractivity (Wildman–Crippen MR) is 95.4 cm³/mol. The molecular formula is C15H19Cl2NO7S. The minimum absolute atomic E-state index is 0.105. The maximum Gasteiger partial charge on any atom is 0.505 e. The summed E-state index contributed by atoms with van der Waals surface area (Å²) in [7, 11) is -3.39. The van der Waals surface area contributed by atoms with Crippen molar-refractivity contribution in [2.45, 2.75) is 28.1 Å². The van der Waals surface area contributed by atoms with E-state index in [4.69, 9.17) is 28.3 Å². The van der Waals surface area contributed by atoms with Gasteiger partial charge < -0.3 is 20.3 Å². The van der Waals surface area contributed by atoms with Gasteiger partial charge in [-0.15, -0.1) is 0 Å². The van der Waals surface area contributed by atoms with Crippen molar-refractivity contribution in [1.82, 2.24) is 5.32 Å². The molecule has 1 aromatic carbocycles. The Morgan fingerprint density at radius 1 is 1.23 bits per heavy atom. The van der Waals surface area contributed by atoms with Crippen molar-refractivity contribution in [2.75, 3.05) is 19.5 Å². The largest absolute Gasteiger partial charge is 0.505 e. The minimum Gasteiger partial charge on any atom is -0.450 e. The molecule has 0 saturated carbocycles. The van der Waals surface area contributed by atoms with E-state index < -0.39 is 45.3 Å². The van der Waals surface area contributed by atoms with Crippen LogP contribution in [0.5, 0.6) is 0 Å². The third kappa shape index (κ3) is 6.99. The Hall–Kier alpha value is -1.55. The fraction of sp³-hybridized carbons (Fsp3) is 0.467. The van der Waals surface area contributed by atoms with Crippen molar-refractivity contribution in [3.63, 3.8) is 0 Å². The minimum atomic E-state index is -3.39. The van der Waals surface area contributed by atoms with Crippen LogP contribution >= 0.6 is 23.2 Å². The average molecular weight is 428 g/mol. The molecule has 1 amide bonds. The van der Waals surface area contributed by atoms with Gasteiger partial charge in [-0.1, -0.05) is 35.3 Å². The van der Waals surface area contributed by atoms with E-state index in [2.05, 4.69) is 10.1 Å². The first-order valence-electron chi connectivity index (χ1n) is 7.41. The van der Waals surface area contributed by atoms with Gasteiger partial charge >= 0.3 is 6.16 Å². The Kier molecular flexibility index (Phi) is 8.61. The first-order chi connectivity index (χ1) is 12.1. The molecule has 1 aromatic rings. The lowest BCUT2D eigenvalue weighted by molar-refractivity contribution is -0.120. The quantitative estimate of drug-likeness (QED) is 0.402. The molecule has 0 aliphatic heterocycles. The Balaban J connectivity index is 3.09. The standard InChI is InChI=1S/C15H19Cl2NO7S/c1-26(23,24)10-4-2-9(3-5-10)11(6-7-25-15(21)22)12(8-19)18-14(20)13(16)17/h2-5,11-13,19H,6-8H2,1H3,(H,18,20)(H,21,22)/t11-,12+/m1/s1. The van der Waals surface area contributed by atoms with Crippen molar-refractivity contribution in [1.29, 1.82) is 0 Å². The van der Waals surface area contributed by atoms with Gasteiger partial charge in [-0.2, -0.15) is 0 Å². The number of amides is 1. The highest BCUT2D eigenvalue weighted by molar-refractivity contribution is 7.90. The van der Waals surface area contributed by atoms with Crippen LogP contribution in [0, 0.1) is 0 Å². The molecule has 0 aliphatic carbocycles. The number of aliphatic hydroxyl groups excluding tert-OH is 1. The van der Waals surface area contributed by atoms with E-state index in [9.17, 15) is 23.1 Å². The molecular weight excluding hydrogens is 409 g/mol. The summed E-state index contributed by atoms with van der Waals surface area (Å²) in [6, 6.07) is 4.99. The maximum absolute atomic E-state index is 11.7. The number of aliphatic hydroxyl groups is 1. The lowest BCUT2D eigenvalue weighted by Gasteiger charge is -2.27. The molecule has 0 heterocycles. The zero-order valence-corrected chi connectivity index (χ0v) is 16.1. The molecule has 0 unspecified atom stereocenters. The number of sulfone groups is 1. The average Bonchev–Trinajstić information content (AvgIpc) is 2.56. The Bertz CT molecular complexity index is 722. The first-order valence-corrected chi connectivity index (χ1v) is 10.2. The van der Waals surface area contributed by atoms with Crippen LogP contribution in [0.15, 0.2) is 29.2 Å². The van der Waals surface area contributed by atoms with Gasteiger partial charge in [0.25, 0.3) is 5.91 Å². The number of carboxylic acid groups (broad SMARTS) is 1. The number of hydrogen-bond acceptors (Lipinski definition) is 6. The molecule has 0 spiro atoms. The summed E-state index contributed by atoms with van der Waals surface area (Å²) in [6.07, 6.45) is -0.258. The Morgan fingerprint density at radius 2 is 1.81 bits per heavy atom. The number of rotatable bonds is 9. The van der Waals surface area contributed by atoms with E-state index in [-0.39, 0.29) is 17.9 Å². The van der Waals surface area contributed by atoms with Crippen molar-refractivity contribution < 1.29 is 33.0 Å². The van der Waals surface area contributed by atoms with Crippen LogP contribution in [-0.2, 0) is 19.4 Å². The highest BCUT2D eigenvalue weighted by Gasteiger charge is 2.27. The highest BCUT2D eigenvalue weighted by Crippen LogP contribution is 2.26. The smallest absolute Gasteiger partial charge is 0.450 e. The third-order valence-electron chi connectivity index (χ3n) is 3.60. The van der Waals surface area contributed by atoms with Gasteiger partial charge in [0, 0.05) is 12.2 Å². The van der Waals surface area contributed by atoms with Gasteiger partial charge in [0.15, 0.2) is 14.7 Å². The summed E-state index contributed by atoms with van der Waals surface area (Å²) in [4.78, 5) is 21.0. The summed E-state index contributed by atoms with van der Waals surface area (Å²) in [5.41, 5.74) is 0.575. The molecule has 2 atom stereocenters. The number of carbonyl (C=O) groups is 2. The number of hydrogen-bond donors (Lipinski definition) is 3. The summed E-state index contributed by atoms with van der Waals surface area (Å²) >= 11 is 11.0. The summed E-state index contributed by atoms with van der Waals surface area (Å²) in [6.45, 7) is -0.664. The van der Waals surface area contributed by atoms with E-state index in [1.807, 2.05) is 0 Å². The van der Waals surface area contributed by atoms with Crippen LogP contribution in [0.4, 0.5) is 4.79 Å². The van der Waals surface area contributed by atoms with Crippen LogP contribution in [-0.4, -0.2) is 61.0 Å². The monoisotopic (exact) mass is 427 g/mol. The van der Waals surface area contributed by atoms with Gasteiger partial charge in [0.05, 0.1) is 24.2 Å². The second-order valence-corrected chi connectivity index (χ2v) is 8.56. The molecule has 1 rings (SSSR count).